The number of hydrogen-bond donors (Lipinski definition) is 2. The van der Waals surface area contributed by atoms with E-state index in [1.807, 2.05) is 36.4 Å². The number of anilines is 1. The van der Waals surface area contributed by atoms with Crippen molar-refractivity contribution in [2.75, 3.05) is 5.32 Å². The van der Waals surface area contributed by atoms with Gasteiger partial charge in [0.25, 0.3) is 5.91 Å². The summed E-state index contributed by atoms with van der Waals surface area (Å²) < 4.78 is 0. The van der Waals surface area contributed by atoms with E-state index in [0.29, 0.717) is 10.7 Å². The summed E-state index contributed by atoms with van der Waals surface area (Å²) in [5.74, 6) is -1.61. The molecule has 3 rings (SSSR count). The molecule has 0 spiro atoms. The lowest BCUT2D eigenvalue weighted by Gasteiger charge is -2.09. The third kappa shape index (κ3) is 3.70. The van der Waals surface area contributed by atoms with Crippen LogP contribution in [-0.2, 0) is 0 Å². The normalized spacial score (nSPS) is 10.3. The monoisotopic (exact) mass is 351 g/mol. The van der Waals surface area contributed by atoms with Crippen LogP contribution < -0.4 is 5.32 Å². The summed E-state index contributed by atoms with van der Waals surface area (Å²) in [5, 5.41) is 12.5. The standard InChI is InChI=1S/C20H14ClNO3/c21-18-8-4-3-5-15(18)13-9-11-14(12-10-13)22-19(23)16-6-1-2-7-17(16)20(24)25/h1-12H,(H,22,23)(H,24,25). The van der Waals surface area contributed by atoms with E-state index in [0.717, 1.165) is 11.1 Å². The minimum absolute atomic E-state index is 0.0345. The molecule has 0 atom stereocenters. The summed E-state index contributed by atoms with van der Waals surface area (Å²) in [4.78, 5) is 23.6. The van der Waals surface area contributed by atoms with Crippen molar-refractivity contribution < 1.29 is 14.7 Å². The predicted octanol–water partition coefficient (Wildman–Crippen LogP) is 4.96. The number of carbonyl (C=O) groups excluding carboxylic acids is 1. The number of hydrogen-bond acceptors (Lipinski definition) is 2. The number of amides is 1. The second-order valence-corrected chi connectivity index (χ2v) is 5.77. The van der Waals surface area contributed by atoms with Gasteiger partial charge >= 0.3 is 5.97 Å². The van der Waals surface area contributed by atoms with Crippen LogP contribution in [0, 0.1) is 0 Å². The maximum atomic E-state index is 12.4. The molecule has 2 N–H and O–H groups in total. The molecule has 0 aliphatic heterocycles. The SMILES string of the molecule is O=C(O)c1ccccc1C(=O)Nc1ccc(-c2ccccc2Cl)cc1. The molecule has 1 amide bonds. The van der Waals surface area contributed by atoms with Crippen LogP contribution in [0.4, 0.5) is 5.69 Å². The molecule has 4 nitrogen and oxygen atoms in total. The Labute approximate surface area is 149 Å². The fourth-order valence-electron chi connectivity index (χ4n) is 2.49. The van der Waals surface area contributed by atoms with Crippen LogP contribution in [-0.4, -0.2) is 17.0 Å². The van der Waals surface area contributed by atoms with Crippen LogP contribution in [0.3, 0.4) is 0 Å². The van der Waals surface area contributed by atoms with E-state index in [4.69, 9.17) is 11.6 Å². The van der Waals surface area contributed by atoms with E-state index in [1.54, 1.807) is 24.3 Å². The summed E-state index contributed by atoms with van der Waals surface area (Å²) in [6.07, 6.45) is 0. The third-order valence-electron chi connectivity index (χ3n) is 3.73. The average Bonchev–Trinajstić information content (AvgIpc) is 2.63. The maximum Gasteiger partial charge on any atom is 0.336 e. The first kappa shape index (κ1) is 16.7. The largest absolute Gasteiger partial charge is 0.478 e. The molecule has 3 aromatic rings. The molecule has 5 heteroatoms. The fourth-order valence-corrected chi connectivity index (χ4v) is 2.74. The predicted molar refractivity (Wildman–Crippen MR) is 98.2 cm³/mol. The number of carbonyl (C=O) groups is 2. The Bertz CT molecular complexity index is 936. The van der Waals surface area contributed by atoms with Crippen molar-refractivity contribution in [3.8, 4) is 11.1 Å². The zero-order valence-electron chi connectivity index (χ0n) is 13.1. The molecule has 3 aromatic carbocycles. The van der Waals surface area contributed by atoms with Gasteiger partial charge in [-0.2, -0.15) is 0 Å². The molecule has 0 heterocycles. The minimum atomic E-state index is -1.14. The lowest BCUT2D eigenvalue weighted by Crippen LogP contribution is -2.16. The molecule has 0 unspecified atom stereocenters. The molecule has 0 fully saturated rings. The van der Waals surface area contributed by atoms with E-state index in [1.165, 1.54) is 12.1 Å². The molecule has 0 aliphatic carbocycles. The molecule has 124 valence electrons. The van der Waals surface area contributed by atoms with Crippen molar-refractivity contribution in [1.82, 2.24) is 0 Å². The highest BCUT2D eigenvalue weighted by Gasteiger charge is 2.15. The van der Waals surface area contributed by atoms with Crippen molar-refractivity contribution >= 4 is 29.2 Å². The van der Waals surface area contributed by atoms with E-state index in [2.05, 4.69) is 5.32 Å². The van der Waals surface area contributed by atoms with Gasteiger partial charge in [0.2, 0.25) is 0 Å². The van der Waals surface area contributed by atoms with Crippen LogP contribution in [0.25, 0.3) is 11.1 Å². The summed E-state index contributed by atoms with van der Waals surface area (Å²) in [6, 6.07) is 20.8. The van der Waals surface area contributed by atoms with E-state index in [-0.39, 0.29) is 11.1 Å². The van der Waals surface area contributed by atoms with E-state index in [9.17, 15) is 14.7 Å². The highest BCUT2D eigenvalue weighted by atomic mass is 35.5. The quantitative estimate of drug-likeness (QED) is 0.698. The molecule has 0 bridgehead atoms. The smallest absolute Gasteiger partial charge is 0.336 e. The fraction of sp³-hybridized carbons (Fsp3) is 0. The average molecular weight is 352 g/mol. The van der Waals surface area contributed by atoms with Gasteiger partial charge in [-0.15, -0.1) is 0 Å². The van der Waals surface area contributed by atoms with Gasteiger partial charge < -0.3 is 10.4 Å². The summed E-state index contributed by atoms with van der Waals surface area (Å²) in [5.41, 5.74) is 2.48. The van der Waals surface area contributed by atoms with Crippen molar-refractivity contribution in [2.45, 2.75) is 0 Å². The number of benzene rings is 3. The number of aromatic carboxylic acids is 1. The van der Waals surface area contributed by atoms with Crippen LogP contribution >= 0.6 is 11.6 Å². The molecule has 25 heavy (non-hydrogen) atoms. The van der Waals surface area contributed by atoms with Crippen LogP contribution in [0.1, 0.15) is 20.7 Å². The highest BCUT2D eigenvalue weighted by molar-refractivity contribution is 6.33. The zero-order chi connectivity index (χ0) is 17.8. The minimum Gasteiger partial charge on any atom is -0.478 e. The second kappa shape index (κ2) is 7.20. The Morgan fingerprint density at radius 2 is 1.40 bits per heavy atom. The number of carboxylic acid groups (broad SMARTS) is 1. The summed E-state index contributed by atoms with van der Waals surface area (Å²) >= 11 is 6.18. The van der Waals surface area contributed by atoms with E-state index < -0.39 is 11.9 Å². The molecule has 0 radical (unpaired) electrons. The number of nitrogens with one attached hydrogen (secondary N) is 1. The number of rotatable bonds is 4. The molecule has 0 saturated heterocycles. The van der Waals surface area contributed by atoms with Crippen LogP contribution in [0.15, 0.2) is 72.8 Å². The molecule has 0 aliphatic rings. The number of halogens is 1. The summed E-state index contributed by atoms with van der Waals surface area (Å²) in [6.45, 7) is 0. The summed E-state index contributed by atoms with van der Waals surface area (Å²) in [7, 11) is 0. The lowest BCUT2D eigenvalue weighted by atomic mass is 10.0. The number of carboxylic acids is 1. The molecular formula is C20H14ClNO3. The van der Waals surface area contributed by atoms with Crippen molar-refractivity contribution in [3.05, 3.63) is 88.9 Å². The van der Waals surface area contributed by atoms with Crippen molar-refractivity contribution in [3.63, 3.8) is 0 Å². The Balaban J connectivity index is 1.82. The van der Waals surface area contributed by atoms with Gasteiger partial charge in [0, 0.05) is 16.3 Å². The molecular weight excluding hydrogens is 338 g/mol. The van der Waals surface area contributed by atoms with Crippen molar-refractivity contribution in [2.24, 2.45) is 0 Å². The van der Waals surface area contributed by atoms with Gasteiger partial charge in [0.05, 0.1) is 11.1 Å². The zero-order valence-corrected chi connectivity index (χ0v) is 13.8. The van der Waals surface area contributed by atoms with Gasteiger partial charge in [-0.3, -0.25) is 4.79 Å². The highest BCUT2D eigenvalue weighted by Crippen LogP contribution is 2.28. The Hall–Kier alpha value is -3.11. The molecule has 0 saturated carbocycles. The van der Waals surface area contributed by atoms with Gasteiger partial charge in [-0.1, -0.05) is 54.1 Å². The topological polar surface area (TPSA) is 66.4 Å². The Morgan fingerprint density at radius 3 is 2.04 bits per heavy atom. The van der Waals surface area contributed by atoms with Crippen LogP contribution in [0.2, 0.25) is 5.02 Å². The first-order valence-electron chi connectivity index (χ1n) is 7.55. The van der Waals surface area contributed by atoms with Crippen LogP contribution in [0.5, 0.6) is 0 Å². The van der Waals surface area contributed by atoms with Gasteiger partial charge in [-0.25, -0.2) is 4.79 Å². The Kier molecular flexibility index (Phi) is 4.82. The first-order valence-corrected chi connectivity index (χ1v) is 7.92. The molecule has 0 aromatic heterocycles. The van der Waals surface area contributed by atoms with E-state index >= 15 is 0 Å². The maximum absolute atomic E-state index is 12.4. The lowest BCUT2D eigenvalue weighted by molar-refractivity contribution is 0.0692. The third-order valence-corrected chi connectivity index (χ3v) is 4.06. The Morgan fingerprint density at radius 1 is 0.800 bits per heavy atom. The van der Waals surface area contributed by atoms with Gasteiger partial charge in [-0.05, 0) is 35.9 Å². The first-order chi connectivity index (χ1) is 12.1. The van der Waals surface area contributed by atoms with Crippen molar-refractivity contribution in [1.29, 1.82) is 0 Å². The van der Waals surface area contributed by atoms with Gasteiger partial charge in [0.15, 0.2) is 0 Å². The van der Waals surface area contributed by atoms with Gasteiger partial charge in [0.1, 0.15) is 0 Å². The second-order valence-electron chi connectivity index (χ2n) is 5.36.